The maximum atomic E-state index is 12.4. The fourth-order valence-electron chi connectivity index (χ4n) is 3.14. The van der Waals surface area contributed by atoms with Crippen LogP contribution in [0.15, 0.2) is 48.5 Å². The van der Waals surface area contributed by atoms with E-state index in [0.29, 0.717) is 18.8 Å². The van der Waals surface area contributed by atoms with Crippen molar-refractivity contribution in [1.29, 1.82) is 0 Å². The predicted molar refractivity (Wildman–Crippen MR) is 99.2 cm³/mol. The Hall–Kier alpha value is -2.55. The summed E-state index contributed by atoms with van der Waals surface area (Å²) in [5, 5.41) is 21.1. The molecule has 2 atom stereocenters. The van der Waals surface area contributed by atoms with Crippen LogP contribution >= 0.6 is 0 Å². The lowest BCUT2D eigenvalue weighted by Gasteiger charge is -2.22. The zero-order valence-electron chi connectivity index (χ0n) is 15.0. The molecule has 0 aliphatic carbocycles. The lowest BCUT2D eigenvalue weighted by atomic mass is 9.96. The summed E-state index contributed by atoms with van der Waals surface area (Å²) in [7, 11) is -0.400. The normalized spacial score (nSPS) is 16.2. The third-order valence-electron chi connectivity index (χ3n) is 4.43. The van der Waals surface area contributed by atoms with Crippen molar-refractivity contribution in [3.05, 3.63) is 59.7 Å². The van der Waals surface area contributed by atoms with Crippen molar-refractivity contribution < 1.29 is 29.0 Å². The van der Waals surface area contributed by atoms with E-state index in [2.05, 4.69) is 5.32 Å². The zero-order chi connectivity index (χ0) is 19.2. The smallest absolute Gasteiger partial charge is 0.497 e. The van der Waals surface area contributed by atoms with Crippen molar-refractivity contribution in [2.45, 2.75) is 25.0 Å². The molecular formula is C19H22BNO6. The van der Waals surface area contributed by atoms with Crippen molar-refractivity contribution in [2.24, 2.45) is 0 Å². The highest BCUT2D eigenvalue weighted by Gasteiger charge is 2.29. The second kappa shape index (κ2) is 8.90. The van der Waals surface area contributed by atoms with E-state index in [4.69, 9.17) is 14.1 Å². The molecule has 142 valence electrons. The molecule has 1 amide bonds. The van der Waals surface area contributed by atoms with Gasteiger partial charge in [0.25, 0.3) is 0 Å². The van der Waals surface area contributed by atoms with Crippen LogP contribution in [-0.4, -0.2) is 43.2 Å². The molecular weight excluding hydrogens is 349 g/mol. The molecule has 27 heavy (non-hydrogen) atoms. The molecule has 0 saturated heterocycles. The first kappa shape index (κ1) is 19.2. The Balaban J connectivity index is 1.61. The number of fused-ring (bicyclic) bond motifs is 1. The Morgan fingerprint density at radius 1 is 1.26 bits per heavy atom. The van der Waals surface area contributed by atoms with Crippen molar-refractivity contribution in [3.63, 3.8) is 0 Å². The van der Waals surface area contributed by atoms with E-state index >= 15 is 0 Å². The maximum Gasteiger partial charge on any atom is 0.635 e. The fourth-order valence-corrected chi connectivity index (χ4v) is 3.14. The van der Waals surface area contributed by atoms with Gasteiger partial charge in [-0.1, -0.05) is 30.3 Å². The number of hydrogen-bond acceptors (Lipinski definition) is 6. The van der Waals surface area contributed by atoms with Gasteiger partial charge in [-0.05, 0) is 23.8 Å². The summed E-state index contributed by atoms with van der Waals surface area (Å²) in [5.41, 5.74) is 1.83. The van der Waals surface area contributed by atoms with E-state index in [1.807, 2.05) is 24.3 Å². The molecule has 0 fully saturated rings. The van der Waals surface area contributed by atoms with Gasteiger partial charge in [-0.25, -0.2) is 0 Å². The van der Waals surface area contributed by atoms with Crippen LogP contribution in [0.1, 0.15) is 23.5 Å². The summed E-state index contributed by atoms with van der Waals surface area (Å²) < 4.78 is 15.8. The molecule has 3 rings (SSSR count). The van der Waals surface area contributed by atoms with Crippen LogP contribution in [0.4, 0.5) is 0 Å². The van der Waals surface area contributed by atoms with Crippen LogP contribution < -0.4 is 14.8 Å². The minimum Gasteiger partial charge on any atom is -0.497 e. The van der Waals surface area contributed by atoms with Crippen molar-refractivity contribution >= 4 is 13.2 Å². The quantitative estimate of drug-likeness (QED) is 0.477. The molecule has 3 N–H and O–H groups in total. The topological polar surface area (TPSA) is 97.3 Å². The highest BCUT2D eigenvalue weighted by molar-refractivity contribution is 6.32. The number of ether oxygens (including phenoxy) is 2. The Morgan fingerprint density at radius 2 is 2.00 bits per heavy atom. The van der Waals surface area contributed by atoms with Crippen LogP contribution in [0.3, 0.4) is 0 Å². The SMILES string of the molecule is COc1ccc(CC(=O)N[C@@H](C[C@@H]2COc3ccccc32)OB(O)O)cc1. The van der Waals surface area contributed by atoms with E-state index in [9.17, 15) is 14.8 Å². The Labute approximate surface area is 158 Å². The predicted octanol–water partition coefficient (Wildman–Crippen LogP) is 1.23. The lowest BCUT2D eigenvalue weighted by molar-refractivity contribution is -0.123. The summed E-state index contributed by atoms with van der Waals surface area (Å²) in [4.78, 5) is 12.4. The van der Waals surface area contributed by atoms with Crippen molar-refractivity contribution in [1.82, 2.24) is 5.32 Å². The highest BCUT2D eigenvalue weighted by Crippen LogP contribution is 2.36. The number of benzene rings is 2. The molecule has 0 bridgehead atoms. The van der Waals surface area contributed by atoms with Gasteiger partial charge in [-0.15, -0.1) is 0 Å². The molecule has 0 unspecified atom stereocenters. The van der Waals surface area contributed by atoms with Gasteiger partial charge in [-0.2, -0.15) is 0 Å². The molecule has 2 aromatic carbocycles. The number of carbonyl (C=O) groups excluding carboxylic acids is 1. The molecule has 0 saturated carbocycles. The molecule has 1 heterocycles. The van der Waals surface area contributed by atoms with Gasteiger partial charge in [0.15, 0.2) is 0 Å². The van der Waals surface area contributed by atoms with E-state index in [-0.39, 0.29) is 18.2 Å². The minimum atomic E-state index is -1.98. The van der Waals surface area contributed by atoms with Gasteiger partial charge in [0, 0.05) is 17.9 Å². The number of para-hydroxylation sites is 1. The summed E-state index contributed by atoms with van der Waals surface area (Å²) in [6.07, 6.45) is -0.345. The van der Waals surface area contributed by atoms with E-state index in [1.54, 1.807) is 31.4 Å². The largest absolute Gasteiger partial charge is 0.635 e. The number of methoxy groups -OCH3 is 1. The van der Waals surface area contributed by atoms with Gasteiger partial charge in [0.2, 0.25) is 5.91 Å². The standard InChI is InChI=1S/C19H22BNO6/c1-25-15-8-6-13(7-9-15)10-18(22)21-19(27-20(23)24)11-14-12-26-17-5-3-2-4-16(14)17/h2-9,14,19,23-24H,10-12H2,1H3,(H,21,22)/t14-,19-/m1/s1. The van der Waals surface area contributed by atoms with Gasteiger partial charge in [0.05, 0.1) is 20.1 Å². The highest BCUT2D eigenvalue weighted by atomic mass is 16.6. The first-order valence-corrected chi connectivity index (χ1v) is 8.71. The molecule has 0 radical (unpaired) electrons. The second-order valence-corrected chi connectivity index (χ2v) is 6.32. The fraction of sp³-hybridized carbons (Fsp3) is 0.316. The molecule has 0 aromatic heterocycles. The van der Waals surface area contributed by atoms with Crippen LogP contribution in [0.5, 0.6) is 11.5 Å². The summed E-state index contributed by atoms with van der Waals surface area (Å²) in [6, 6.07) is 14.8. The number of rotatable bonds is 8. The van der Waals surface area contributed by atoms with Crippen molar-refractivity contribution in [2.75, 3.05) is 13.7 Å². The molecule has 7 nitrogen and oxygen atoms in total. The number of amides is 1. The second-order valence-electron chi connectivity index (χ2n) is 6.32. The van der Waals surface area contributed by atoms with Crippen LogP contribution in [0.25, 0.3) is 0 Å². The van der Waals surface area contributed by atoms with E-state index < -0.39 is 13.5 Å². The molecule has 1 aliphatic heterocycles. The molecule has 2 aromatic rings. The van der Waals surface area contributed by atoms with E-state index in [0.717, 1.165) is 16.9 Å². The number of hydrogen-bond donors (Lipinski definition) is 3. The average molecular weight is 371 g/mol. The minimum absolute atomic E-state index is 0.00811. The Morgan fingerprint density at radius 3 is 2.70 bits per heavy atom. The summed E-state index contributed by atoms with van der Waals surface area (Å²) in [5.74, 6) is 1.23. The van der Waals surface area contributed by atoms with E-state index in [1.165, 1.54) is 0 Å². The first-order valence-electron chi connectivity index (χ1n) is 8.71. The Bertz CT molecular complexity index is 767. The monoisotopic (exact) mass is 371 g/mol. The zero-order valence-corrected chi connectivity index (χ0v) is 15.0. The van der Waals surface area contributed by atoms with Gasteiger partial charge < -0.3 is 29.5 Å². The Kier molecular flexibility index (Phi) is 6.34. The molecule has 1 aliphatic rings. The van der Waals surface area contributed by atoms with Crippen molar-refractivity contribution in [3.8, 4) is 11.5 Å². The molecule has 8 heteroatoms. The summed E-state index contributed by atoms with van der Waals surface area (Å²) >= 11 is 0. The van der Waals surface area contributed by atoms with Gasteiger partial charge in [-0.3, -0.25) is 4.79 Å². The molecule has 0 spiro atoms. The first-order chi connectivity index (χ1) is 13.0. The lowest BCUT2D eigenvalue weighted by Crippen LogP contribution is -2.42. The van der Waals surface area contributed by atoms with Gasteiger partial charge >= 0.3 is 7.32 Å². The van der Waals surface area contributed by atoms with Crippen LogP contribution in [-0.2, 0) is 15.9 Å². The number of carbonyl (C=O) groups is 1. The van der Waals surface area contributed by atoms with Crippen LogP contribution in [0.2, 0.25) is 0 Å². The maximum absolute atomic E-state index is 12.4. The number of nitrogens with one attached hydrogen (secondary N) is 1. The average Bonchev–Trinajstić information content (AvgIpc) is 3.05. The third kappa shape index (κ3) is 5.23. The van der Waals surface area contributed by atoms with Crippen LogP contribution in [0, 0.1) is 0 Å². The summed E-state index contributed by atoms with van der Waals surface area (Å²) in [6.45, 7) is 0.453. The third-order valence-corrected chi connectivity index (χ3v) is 4.43. The van der Waals surface area contributed by atoms with Gasteiger partial charge in [0.1, 0.15) is 17.7 Å².